The van der Waals surface area contributed by atoms with Gasteiger partial charge in [0.15, 0.2) is 5.78 Å². The Morgan fingerprint density at radius 3 is 2.55 bits per heavy atom. The molecule has 6 heteroatoms. The molecule has 2 N–H and O–H groups in total. The van der Waals surface area contributed by atoms with Gasteiger partial charge in [0.25, 0.3) is 5.91 Å². The minimum Gasteiger partial charge on any atom is -0.342 e. The molecule has 180 valence electrons. The van der Waals surface area contributed by atoms with Crippen molar-refractivity contribution >= 4 is 17.6 Å². The van der Waals surface area contributed by atoms with Gasteiger partial charge in [0.2, 0.25) is 5.91 Å². The molecule has 0 aromatic heterocycles. The Bertz CT molecular complexity index is 845. The van der Waals surface area contributed by atoms with Gasteiger partial charge >= 0.3 is 0 Å². The molecule has 1 aliphatic heterocycles. The van der Waals surface area contributed by atoms with E-state index in [4.69, 9.17) is 0 Å². The van der Waals surface area contributed by atoms with E-state index in [1.54, 1.807) is 0 Å². The molecule has 2 saturated carbocycles. The number of hydrogen-bond acceptors (Lipinski definition) is 4. The molecule has 1 saturated heterocycles. The second kappa shape index (κ2) is 11.3. The largest absolute Gasteiger partial charge is 0.342 e. The Morgan fingerprint density at radius 2 is 1.82 bits per heavy atom. The van der Waals surface area contributed by atoms with Crippen LogP contribution in [0.25, 0.3) is 0 Å². The van der Waals surface area contributed by atoms with Gasteiger partial charge in [-0.05, 0) is 62.1 Å². The van der Waals surface area contributed by atoms with Crippen LogP contribution in [0.15, 0.2) is 24.3 Å². The summed E-state index contributed by atoms with van der Waals surface area (Å²) in [6.07, 6.45) is 10.3. The predicted octanol–water partition coefficient (Wildman–Crippen LogP) is 3.80. The second-order valence-electron chi connectivity index (χ2n) is 10.1. The third-order valence-electron chi connectivity index (χ3n) is 7.62. The van der Waals surface area contributed by atoms with E-state index in [0.29, 0.717) is 31.1 Å². The predicted molar refractivity (Wildman–Crippen MR) is 129 cm³/mol. The number of rotatable bonds is 9. The number of nitrogens with one attached hydrogen (secondary N) is 2. The summed E-state index contributed by atoms with van der Waals surface area (Å²) >= 11 is 0. The SMILES string of the molecule is CCC(=O)[C@H](NC(=O)c1cccc([C@@H]2CCCN(C(=O)CNC3CC3)C2)c1)C1CCCCC1. The van der Waals surface area contributed by atoms with Crippen molar-refractivity contribution in [3.8, 4) is 0 Å². The minimum atomic E-state index is -0.381. The highest BCUT2D eigenvalue weighted by atomic mass is 16.2. The Balaban J connectivity index is 1.40. The molecule has 1 heterocycles. The summed E-state index contributed by atoms with van der Waals surface area (Å²) in [5.74, 6) is 0.636. The van der Waals surface area contributed by atoms with E-state index in [0.717, 1.165) is 50.6 Å². The number of carbonyl (C=O) groups is 3. The van der Waals surface area contributed by atoms with E-state index in [2.05, 4.69) is 16.7 Å². The van der Waals surface area contributed by atoms with Gasteiger partial charge in [-0.2, -0.15) is 0 Å². The zero-order valence-electron chi connectivity index (χ0n) is 20.0. The molecule has 3 fully saturated rings. The summed E-state index contributed by atoms with van der Waals surface area (Å²) < 4.78 is 0. The van der Waals surface area contributed by atoms with Gasteiger partial charge in [-0.15, -0.1) is 0 Å². The third-order valence-corrected chi connectivity index (χ3v) is 7.62. The van der Waals surface area contributed by atoms with Crippen LogP contribution >= 0.6 is 0 Å². The number of ketones is 1. The molecule has 3 aliphatic rings. The number of amides is 2. The molecule has 33 heavy (non-hydrogen) atoms. The Hall–Kier alpha value is -2.21. The first-order valence-electron chi connectivity index (χ1n) is 13.0. The molecule has 6 nitrogen and oxygen atoms in total. The number of likely N-dealkylation sites (tertiary alicyclic amines) is 1. The summed E-state index contributed by atoms with van der Waals surface area (Å²) in [5.41, 5.74) is 1.71. The van der Waals surface area contributed by atoms with Gasteiger partial charge in [0.1, 0.15) is 0 Å². The molecule has 4 rings (SSSR count). The number of nitrogens with zero attached hydrogens (tertiary/aromatic N) is 1. The molecule has 0 radical (unpaired) electrons. The smallest absolute Gasteiger partial charge is 0.251 e. The first kappa shape index (κ1) is 23.9. The molecule has 2 amide bonds. The van der Waals surface area contributed by atoms with E-state index < -0.39 is 0 Å². The molecule has 0 bridgehead atoms. The van der Waals surface area contributed by atoms with Crippen LogP contribution < -0.4 is 10.6 Å². The zero-order valence-corrected chi connectivity index (χ0v) is 20.0. The maximum absolute atomic E-state index is 13.1. The van der Waals surface area contributed by atoms with Gasteiger partial charge < -0.3 is 15.5 Å². The molecule has 0 spiro atoms. The Kier molecular flexibility index (Phi) is 8.18. The summed E-state index contributed by atoms with van der Waals surface area (Å²) in [6.45, 7) is 3.81. The maximum atomic E-state index is 13.1. The summed E-state index contributed by atoms with van der Waals surface area (Å²) in [4.78, 5) is 40.4. The van der Waals surface area contributed by atoms with E-state index in [-0.39, 0.29) is 35.5 Å². The van der Waals surface area contributed by atoms with Crippen LogP contribution in [-0.2, 0) is 9.59 Å². The molecule has 1 aromatic carbocycles. The first-order valence-corrected chi connectivity index (χ1v) is 13.0. The van der Waals surface area contributed by atoms with Crippen molar-refractivity contribution in [2.45, 2.75) is 89.1 Å². The van der Waals surface area contributed by atoms with Crippen LogP contribution in [0.5, 0.6) is 0 Å². The Morgan fingerprint density at radius 1 is 1.03 bits per heavy atom. The number of carbonyl (C=O) groups excluding carboxylic acids is 3. The van der Waals surface area contributed by atoms with Crippen molar-refractivity contribution in [2.75, 3.05) is 19.6 Å². The van der Waals surface area contributed by atoms with Crippen molar-refractivity contribution in [1.29, 1.82) is 0 Å². The number of hydrogen-bond donors (Lipinski definition) is 2. The molecule has 2 atom stereocenters. The maximum Gasteiger partial charge on any atom is 0.251 e. The highest BCUT2D eigenvalue weighted by Crippen LogP contribution is 2.29. The summed E-state index contributed by atoms with van der Waals surface area (Å²) in [6, 6.07) is 7.93. The molecule has 0 unspecified atom stereocenters. The van der Waals surface area contributed by atoms with Crippen molar-refractivity contribution in [3.05, 3.63) is 35.4 Å². The number of Topliss-reactive ketones (excluding diaryl/α,β-unsaturated/α-hetero) is 1. The third kappa shape index (κ3) is 6.44. The standard InChI is InChI=1S/C27H39N3O3/c1-2-24(31)26(19-8-4-3-5-9-19)29-27(33)21-11-6-10-20(16-21)22-12-7-15-30(18-22)25(32)17-28-23-13-14-23/h6,10-11,16,19,22-23,26,28H,2-5,7-9,12-15,17-18H2,1H3,(H,29,33)/t22-,26-/m1/s1. The van der Waals surface area contributed by atoms with E-state index in [9.17, 15) is 14.4 Å². The monoisotopic (exact) mass is 453 g/mol. The van der Waals surface area contributed by atoms with E-state index >= 15 is 0 Å². The molecule has 1 aromatic rings. The molecule has 2 aliphatic carbocycles. The van der Waals surface area contributed by atoms with Crippen LogP contribution in [-0.4, -0.2) is 54.2 Å². The molecular weight excluding hydrogens is 414 g/mol. The van der Waals surface area contributed by atoms with Crippen LogP contribution in [0.3, 0.4) is 0 Å². The van der Waals surface area contributed by atoms with Crippen molar-refractivity contribution in [3.63, 3.8) is 0 Å². The van der Waals surface area contributed by atoms with E-state index in [1.807, 2.05) is 30.0 Å². The van der Waals surface area contributed by atoms with Crippen LogP contribution in [0.4, 0.5) is 0 Å². The first-order chi connectivity index (χ1) is 16.0. The lowest BCUT2D eigenvalue weighted by Crippen LogP contribution is -2.46. The second-order valence-corrected chi connectivity index (χ2v) is 10.1. The topological polar surface area (TPSA) is 78.5 Å². The summed E-state index contributed by atoms with van der Waals surface area (Å²) in [7, 11) is 0. The summed E-state index contributed by atoms with van der Waals surface area (Å²) in [5, 5.41) is 6.40. The highest BCUT2D eigenvalue weighted by molar-refractivity contribution is 5.98. The lowest BCUT2D eigenvalue weighted by atomic mass is 9.81. The van der Waals surface area contributed by atoms with Gasteiger partial charge in [-0.3, -0.25) is 14.4 Å². The van der Waals surface area contributed by atoms with Crippen LogP contribution in [0, 0.1) is 5.92 Å². The van der Waals surface area contributed by atoms with Crippen LogP contribution in [0.1, 0.15) is 93.0 Å². The fraction of sp³-hybridized carbons (Fsp3) is 0.667. The normalized spacial score (nSPS) is 22.6. The molecular formula is C27H39N3O3. The van der Waals surface area contributed by atoms with Crippen molar-refractivity contribution in [1.82, 2.24) is 15.5 Å². The average Bonchev–Trinajstić information content (AvgIpc) is 3.70. The lowest BCUT2D eigenvalue weighted by molar-refractivity contribution is -0.131. The highest BCUT2D eigenvalue weighted by Gasteiger charge is 2.31. The van der Waals surface area contributed by atoms with Gasteiger partial charge in [-0.25, -0.2) is 0 Å². The minimum absolute atomic E-state index is 0.132. The number of piperidine rings is 1. The fourth-order valence-electron chi connectivity index (χ4n) is 5.41. The Labute approximate surface area is 197 Å². The van der Waals surface area contributed by atoms with Crippen molar-refractivity contribution < 1.29 is 14.4 Å². The van der Waals surface area contributed by atoms with Crippen molar-refractivity contribution in [2.24, 2.45) is 5.92 Å². The number of benzene rings is 1. The average molecular weight is 454 g/mol. The zero-order chi connectivity index (χ0) is 23.2. The van der Waals surface area contributed by atoms with Gasteiger partial charge in [0.05, 0.1) is 12.6 Å². The van der Waals surface area contributed by atoms with Gasteiger partial charge in [0, 0.05) is 37.0 Å². The van der Waals surface area contributed by atoms with Crippen LogP contribution in [0.2, 0.25) is 0 Å². The lowest BCUT2D eigenvalue weighted by Gasteiger charge is -2.33. The van der Waals surface area contributed by atoms with E-state index in [1.165, 1.54) is 19.3 Å². The quantitative estimate of drug-likeness (QED) is 0.596. The fourth-order valence-corrected chi connectivity index (χ4v) is 5.41. The van der Waals surface area contributed by atoms with Gasteiger partial charge in [-0.1, -0.05) is 38.3 Å².